The molecule has 38 heavy (non-hydrogen) atoms. The Morgan fingerprint density at radius 1 is 1.03 bits per heavy atom. The van der Waals surface area contributed by atoms with Crippen molar-refractivity contribution in [1.29, 1.82) is 0 Å². The minimum absolute atomic E-state index is 0.127. The Bertz CT molecular complexity index is 1380. The molecule has 0 radical (unpaired) electrons. The second kappa shape index (κ2) is 11.2. The molecule has 1 saturated heterocycles. The fraction of sp³-hybridized carbons (Fsp3) is 0.467. The average Bonchev–Trinajstić information content (AvgIpc) is 3.20. The zero-order valence-electron chi connectivity index (χ0n) is 22.6. The van der Waals surface area contributed by atoms with Gasteiger partial charge in [0.1, 0.15) is 5.58 Å². The number of hydrogen-bond donors (Lipinski definition) is 0. The van der Waals surface area contributed by atoms with Gasteiger partial charge in [-0.25, -0.2) is 0 Å². The Morgan fingerprint density at radius 2 is 1.82 bits per heavy atom. The van der Waals surface area contributed by atoms with E-state index in [0.717, 1.165) is 50.4 Å². The molecule has 1 atom stereocenters. The van der Waals surface area contributed by atoms with Crippen molar-refractivity contribution in [2.24, 2.45) is 5.92 Å². The number of carbonyl (C=O) groups excluding carboxylic acids is 1. The summed E-state index contributed by atoms with van der Waals surface area (Å²) in [4.78, 5) is 31.7. The molecule has 1 aromatic heterocycles. The van der Waals surface area contributed by atoms with Gasteiger partial charge in [0.25, 0.3) is 5.91 Å². The molecule has 0 spiro atoms. The normalized spacial score (nSPS) is 17.9. The Morgan fingerprint density at radius 3 is 2.55 bits per heavy atom. The SMILES string of the molecule is COc1cc([C@@H]2c3c(oc4ccc(C)cc4c3=O)C(=O)N2CCCN2CCOCC2)ccc1OCC(C)C. The van der Waals surface area contributed by atoms with Gasteiger partial charge in [-0.05, 0) is 49.1 Å². The molecule has 0 unspecified atom stereocenters. The number of aryl methyl sites for hydroxylation is 1. The molecule has 1 amide bonds. The maximum atomic E-state index is 13.9. The number of morpholine rings is 1. The second-order valence-corrected chi connectivity index (χ2v) is 10.5. The summed E-state index contributed by atoms with van der Waals surface area (Å²) in [5.41, 5.74) is 2.39. The highest BCUT2D eigenvalue weighted by Crippen LogP contribution is 2.41. The van der Waals surface area contributed by atoms with Crippen LogP contribution in [-0.4, -0.2) is 68.8 Å². The molecule has 8 nitrogen and oxygen atoms in total. The van der Waals surface area contributed by atoms with E-state index in [0.29, 0.717) is 47.1 Å². The highest BCUT2D eigenvalue weighted by Gasteiger charge is 2.42. The van der Waals surface area contributed by atoms with Crippen molar-refractivity contribution in [2.75, 3.05) is 53.1 Å². The summed E-state index contributed by atoms with van der Waals surface area (Å²) in [5.74, 6) is 1.43. The molecule has 0 bridgehead atoms. The Labute approximate surface area is 223 Å². The smallest absolute Gasteiger partial charge is 0.290 e. The quantitative estimate of drug-likeness (QED) is 0.413. The van der Waals surface area contributed by atoms with Crippen molar-refractivity contribution in [3.8, 4) is 11.5 Å². The van der Waals surface area contributed by atoms with Crippen LogP contribution in [0.3, 0.4) is 0 Å². The Hall–Kier alpha value is -3.36. The lowest BCUT2D eigenvalue weighted by Gasteiger charge is -2.29. The molecule has 0 saturated carbocycles. The zero-order chi connectivity index (χ0) is 26.8. The number of nitrogens with zero attached hydrogens (tertiary/aromatic N) is 2. The van der Waals surface area contributed by atoms with Gasteiger partial charge < -0.3 is 23.5 Å². The predicted octanol–water partition coefficient (Wildman–Crippen LogP) is 4.41. The lowest BCUT2D eigenvalue weighted by Crippen LogP contribution is -2.38. The number of amides is 1. The number of methoxy groups -OCH3 is 1. The van der Waals surface area contributed by atoms with Crippen molar-refractivity contribution in [1.82, 2.24) is 9.80 Å². The van der Waals surface area contributed by atoms with Crippen LogP contribution in [0.4, 0.5) is 0 Å². The van der Waals surface area contributed by atoms with E-state index in [4.69, 9.17) is 18.6 Å². The summed E-state index contributed by atoms with van der Waals surface area (Å²) in [7, 11) is 1.60. The van der Waals surface area contributed by atoms with Gasteiger partial charge >= 0.3 is 0 Å². The first-order valence-corrected chi connectivity index (χ1v) is 13.4. The van der Waals surface area contributed by atoms with Crippen LogP contribution < -0.4 is 14.9 Å². The van der Waals surface area contributed by atoms with Crippen LogP contribution in [0.15, 0.2) is 45.6 Å². The minimum Gasteiger partial charge on any atom is -0.493 e. The van der Waals surface area contributed by atoms with Crippen LogP contribution in [0.1, 0.15) is 53.6 Å². The summed E-state index contributed by atoms with van der Waals surface area (Å²) in [6, 6.07) is 10.6. The molecule has 2 aliphatic heterocycles. The van der Waals surface area contributed by atoms with Crippen molar-refractivity contribution in [3.63, 3.8) is 0 Å². The number of fused-ring (bicyclic) bond motifs is 2. The Balaban J connectivity index is 1.54. The van der Waals surface area contributed by atoms with Gasteiger partial charge in [-0.2, -0.15) is 0 Å². The minimum atomic E-state index is -0.573. The highest BCUT2D eigenvalue weighted by molar-refractivity contribution is 5.99. The molecule has 2 aliphatic rings. The first-order valence-electron chi connectivity index (χ1n) is 13.4. The highest BCUT2D eigenvalue weighted by atomic mass is 16.5. The monoisotopic (exact) mass is 520 g/mol. The zero-order valence-corrected chi connectivity index (χ0v) is 22.6. The number of rotatable bonds is 9. The molecular formula is C30H36N2O6. The van der Waals surface area contributed by atoms with Gasteiger partial charge in [-0.1, -0.05) is 31.5 Å². The van der Waals surface area contributed by atoms with E-state index in [9.17, 15) is 9.59 Å². The van der Waals surface area contributed by atoms with Crippen molar-refractivity contribution < 1.29 is 23.4 Å². The molecule has 5 rings (SSSR count). The third-order valence-electron chi connectivity index (χ3n) is 7.17. The predicted molar refractivity (Wildman–Crippen MR) is 145 cm³/mol. The van der Waals surface area contributed by atoms with E-state index < -0.39 is 6.04 Å². The first-order chi connectivity index (χ1) is 18.4. The summed E-state index contributed by atoms with van der Waals surface area (Å²) in [6.07, 6.45) is 0.774. The molecule has 0 aliphatic carbocycles. The van der Waals surface area contributed by atoms with Crippen LogP contribution in [-0.2, 0) is 4.74 Å². The average molecular weight is 521 g/mol. The van der Waals surface area contributed by atoms with Gasteiger partial charge in [-0.15, -0.1) is 0 Å². The lowest BCUT2D eigenvalue weighted by molar-refractivity contribution is 0.0353. The summed E-state index contributed by atoms with van der Waals surface area (Å²) >= 11 is 0. The van der Waals surface area contributed by atoms with E-state index in [1.54, 1.807) is 18.1 Å². The molecular weight excluding hydrogens is 484 g/mol. The maximum Gasteiger partial charge on any atom is 0.290 e. The van der Waals surface area contributed by atoms with Crippen LogP contribution >= 0.6 is 0 Å². The van der Waals surface area contributed by atoms with Crippen molar-refractivity contribution in [2.45, 2.75) is 33.2 Å². The standard InChI is InChI=1S/C30H36N2O6/c1-19(2)18-37-24-9-7-21(17-25(24)35-4)27-26-28(33)22-16-20(3)6-8-23(22)38-29(26)30(34)32(27)11-5-10-31-12-14-36-15-13-31/h6-9,16-17,19,27H,5,10-15,18H2,1-4H3/t27-/m1/s1. The number of carbonyl (C=O) groups is 1. The van der Waals surface area contributed by atoms with E-state index >= 15 is 0 Å². The fourth-order valence-electron chi connectivity index (χ4n) is 5.23. The van der Waals surface area contributed by atoms with Crippen LogP contribution in [0, 0.1) is 12.8 Å². The van der Waals surface area contributed by atoms with Gasteiger partial charge in [0.15, 0.2) is 16.9 Å². The Kier molecular flexibility index (Phi) is 7.72. The van der Waals surface area contributed by atoms with Crippen LogP contribution in [0.5, 0.6) is 11.5 Å². The van der Waals surface area contributed by atoms with Gasteiger partial charge in [0.2, 0.25) is 5.76 Å². The molecule has 8 heteroatoms. The van der Waals surface area contributed by atoms with Crippen LogP contribution in [0.25, 0.3) is 11.0 Å². The van der Waals surface area contributed by atoms with Gasteiger partial charge in [-0.3, -0.25) is 14.5 Å². The third-order valence-corrected chi connectivity index (χ3v) is 7.17. The fourth-order valence-corrected chi connectivity index (χ4v) is 5.23. The maximum absolute atomic E-state index is 13.9. The summed E-state index contributed by atoms with van der Waals surface area (Å²) in [6.45, 7) is 11.2. The van der Waals surface area contributed by atoms with E-state index in [1.165, 1.54) is 0 Å². The molecule has 202 valence electrons. The topological polar surface area (TPSA) is 81.5 Å². The second-order valence-electron chi connectivity index (χ2n) is 10.5. The molecule has 2 aromatic carbocycles. The third kappa shape index (κ3) is 5.15. The van der Waals surface area contributed by atoms with Gasteiger partial charge in [0.05, 0.1) is 43.9 Å². The van der Waals surface area contributed by atoms with E-state index in [2.05, 4.69) is 18.7 Å². The van der Waals surface area contributed by atoms with Crippen molar-refractivity contribution in [3.05, 3.63) is 69.1 Å². The first kappa shape index (κ1) is 26.3. The number of hydrogen-bond acceptors (Lipinski definition) is 7. The largest absolute Gasteiger partial charge is 0.493 e. The molecule has 1 fully saturated rings. The van der Waals surface area contributed by atoms with Crippen molar-refractivity contribution >= 4 is 16.9 Å². The molecule has 3 aromatic rings. The van der Waals surface area contributed by atoms with Gasteiger partial charge in [0, 0.05) is 26.2 Å². The summed E-state index contributed by atoms with van der Waals surface area (Å²) < 4.78 is 23.2. The van der Waals surface area contributed by atoms with Crippen LogP contribution in [0.2, 0.25) is 0 Å². The lowest BCUT2D eigenvalue weighted by atomic mass is 9.97. The number of ether oxygens (including phenoxy) is 3. The molecule has 3 heterocycles. The van der Waals surface area contributed by atoms with E-state index in [1.807, 2.05) is 37.3 Å². The number of benzene rings is 2. The molecule has 0 N–H and O–H groups in total. The van der Waals surface area contributed by atoms with E-state index in [-0.39, 0.29) is 17.1 Å². The summed E-state index contributed by atoms with van der Waals surface area (Å²) in [5, 5.41) is 0.487.